The van der Waals surface area contributed by atoms with Crippen molar-refractivity contribution in [2.45, 2.75) is 6.43 Å². The van der Waals surface area contributed by atoms with E-state index in [4.69, 9.17) is 10.8 Å². The van der Waals surface area contributed by atoms with E-state index in [9.17, 15) is 8.78 Å². The van der Waals surface area contributed by atoms with Crippen LogP contribution in [0.4, 0.5) is 14.5 Å². The number of rotatable bonds is 1. The first-order chi connectivity index (χ1) is 5.54. The van der Waals surface area contributed by atoms with Crippen molar-refractivity contribution in [1.29, 1.82) is 0 Å². The minimum atomic E-state index is -2.80. The van der Waals surface area contributed by atoms with Gasteiger partial charge in [0.05, 0.1) is 9.26 Å². The van der Waals surface area contributed by atoms with Crippen LogP contribution in [0.25, 0.3) is 0 Å². The molecule has 1 heterocycles. The maximum absolute atomic E-state index is 12.1. The van der Waals surface area contributed by atoms with E-state index in [1.807, 2.05) is 0 Å². The molecule has 0 aliphatic rings. The van der Waals surface area contributed by atoms with Gasteiger partial charge in [0.2, 0.25) is 0 Å². The predicted octanol–water partition coefficient (Wildman–Crippen LogP) is 1.91. The second-order valence-corrected chi connectivity index (χ2v) is 3.22. The van der Waals surface area contributed by atoms with Crippen molar-refractivity contribution in [2.24, 2.45) is 0 Å². The van der Waals surface area contributed by atoms with Gasteiger partial charge in [0.25, 0.3) is 6.43 Å². The van der Waals surface area contributed by atoms with Gasteiger partial charge in [-0.15, -0.1) is 0 Å². The van der Waals surface area contributed by atoms with Crippen molar-refractivity contribution in [1.82, 2.24) is 4.98 Å². The van der Waals surface area contributed by atoms with E-state index < -0.39 is 17.9 Å². The standard InChI is InChI=1S/C6H5F2IN2O/c7-6(8)4-5(12)3(10)2(9)1-11-4/h1,6,12H,(H2,10,11). The van der Waals surface area contributed by atoms with Crippen LogP contribution in [0.5, 0.6) is 5.75 Å². The molecule has 0 spiro atoms. The van der Waals surface area contributed by atoms with Crippen molar-refractivity contribution in [2.75, 3.05) is 5.73 Å². The Hall–Kier alpha value is -0.660. The van der Waals surface area contributed by atoms with E-state index in [0.29, 0.717) is 3.57 Å². The molecular formula is C6H5F2IN2O. The van der Waals surface area contributed by atoms with Gasteiger partial charge in [0.15, 0.2) is 11.4 Å². The summed E-state index contributed by atoms with van der Waals surface area (Å²) in [7, 11) is 0. The molecule has 0 saturated carbocycles. The molecule has 0 unspecified atom stereocenters. The van der Waals surface area contributed by atoms with Crippen LogP contribution in [-0.2, 0) is 0 Å². The van der Waals surface area contributed by atoms with E-state index in [1.165, 1.54) is 6.20 Å². The van der Waals surface area contributed by atoms with Gasteiger partial charge in [-0.2, -0.15) is 0 Å². The second-order valence-electron chi connectivity index (χ2n) is 2.05. The highest BCUT2D eigenvalue weighted by Gasteiger charge is 2.17. The van der Waals surface area contributed by atoms with E-state index in [1.54, 1.807) is 22.6 Å². The third kappa shape index (κ3) is 1.57. The second kappa shape index (κ2) is 3.38. The van der Waals surface area contributed by atoms with E-state index >= 15 is 0 Å². The number of alkyl halides is 2. The lowest BCUT2D eigenvalue weighted by atomic mass is 10.3. The number of aromatic hydroxyl groups is 1. The maximum Gasteiger partial charge on any atom is 0.284 e. The first-order valence-electron chi connectivity index (χ1n) is 2.95. The highest BCUT2D eigenvalue weighted by atomic mass is 127. The zero-order valence-electron chi connectivity index (χ0n) is 5.76. The number of nitrogen functional groups attached to an aromatic ring is 1. The molecule has 0 saturated heterocycles. The number of nitrogens with zero attached hydrogens (tertiary/aromatic N) is 1. The Morgan fingerprint density at radius 2 is 2.17 bits per heavy atom. The van der Waals surface area contributed by atoms with Gasteiger partial charge in [-0.25, -0.2) is 8.78 Å². The average molecular weight is 286 g/mol. The number of nitrogens with two attached hydrogens (primary N) is 1. The molecule has 0 aliphatic heterocycles. The lowest BCUT2D eigenvalue weighted by Gasteiger charge is -2.05. The fourth-order valence-corrected chi connectivity index (χ4v) is 1.06. The molecule has 6 heteroatoms. The molecule has 0 amide bonds. The van der Waals surface area contributed by atoms with Crippen LogP contribution in [0.15, 0.2) is 6.20 Å². The zero-order valence-corrected chi connectivity index (χ0v) is 7.92. The molecule has 3 nitrogen and oxygen atoms in total. The quantitative estimate of drug-likeness (QED) is 0.775. The molecule has 66 valence electrons. The zero-order chi connectivity index (χ0) is 9.30. The smallest absolute Gasteiger partial charge is 0.284 e. The average Bonchev–Trinajstić information content (AvgIpc) is 2.00. The van der Waals surface area contributed by atoms with Crippen LogP contribution < -0.4 is 5.73 Å². The lowest BCUT2D eigenvalue weighted by molar-refractivity contribution is 0.142. The highest BCUT2D eigenvalue weighted by Crippen LogP contribution is 2.33. The Morgan fingerprint density at radius 1 is 1.58 bits per heavy atom. The number of pyridine rings is 1. The lowest BCUT2D eigenvalue weighted by Crippen LogP contribution is -1.97. The van der Waals surface area contributed by atoms with Crippen LogP contribution in [0, 0.1) is 3.57 Å². The van der Waals surface area contributed by atoms with Crippen molar-refractivity contribution < 1.29 is 13.9 Å². The van der Waals surface area contributed by atoms with Crippen LogP contribution in [-0.4, -0.2) is 10.1 Å². The van der Waals surface area contributed by atoms with Crippen LogP contribution in [0.2, 0.25) is 0 Å². The van der Waals surface area contributed by atoms with Gasteiger partial charge < -0.3 is 10.8 Å². The topological polar surface area (TPSA) is 59.1 Å². The third-order valence-electron chi connectivity index (χ3n) is 1.28. The summed E-state index contributed by atoms with van der Waals surface area (Å²) in [5.74, 6) is -0.628. The van der Waals surface area contributed by atoms with E-state index in [-0.39, 0.29) is 5.69 Å². The van der Waals surface area contributed by atoms with Gasteiger partial charge in [0.1, 0.15) is 0 Å². The molecule has 0 aromatic carbocycles. The summed E-state index contributed by atoms with van der Waals surface area (Å²) in [6.45, 7) is 0. The molecular weight excluding hydrogens is 281 g/mol. The van der Waals surface area contributed by atoms with Gasteiger partial charge in [-0.3, -0.25) is 4.98 Å². The van der Waals surface area contributed by atoms with Gasteiger partial charge in [-0.1, -0.05) is 0 Å². The third-order valence-corrected chi connectivity index (χ3v) is 2.14. The van der Waals surface area contributed by atoms with Crippen molar-refractivity contribution in [3.8, 4) is 5.75 Å². The minimum absolute atomic E-state index is 0.0547. The summed E-state index contributed by atoms with van der Waals surface area (Å²) >= 11 is 1.80. The summed E-state index contributed by atoms with van der Waals surface area (Å²) in [5.41, 5.74) is 4.56. The van der Waals surface area contributed by atoms with Crippen LogP contribution >= 0.6 is 22.6 Å². The highest BCUT2D eigenvalue weighted by molar-refractivity contribution is 14.1. The Morgan fingerprint density at radius 3 is 2.67 bits per heavy atom. The molecule has 1 aromatic heterocycles. The first-order valence-corrected chi connectivity index (χ1v) is 4.03. The molecule has 1 aromatic rings. The molecule has 0 fully saturated rings. The van der Waals surface area contributed by atoms with E-state index in [2.05, 4.69) is 4.98 Å². The normalized spacial score (nSPS) is 10.7. The van der Waals surface area contributed by atoms with Crippen molar-refractivity contribution >= 4 is 28.3 Å². The molecule has 0 radical (unpaired) electrons. The number of hydrogen-bond donors (Lipinski definition) is 2. The largest absolute Gasteiger partial charge is 0.504 e. The predicted molar refractivity (Wildman–Crippen MR) is 48.0 cm³/mol. The Bertz CT molecular complexity index is 306. The summed E-state index contributed by atoms with van der Waals surface area (Å²) in [4.78, 5) is 3.35. The molecule has 0 bridgehead atoms. The molecule has 0 aliphatic carbocycles. The summed E-state index contributed by atoms with van der Waals surface area (Å²) < 4.78 is 24.6. The first kappa shape index (κ1) is 9.43. The number of aromatic nitrogens is 1. The monoisotopic (exact) mass is 286 g/mol. The number of halogens is 3. The molecule has 0 atom stereocenters. The summed E-state index contributed by atoms with van der Waals surface area (Å²) in [6, 6.07) is 0. The Balaban J connectivity index is 3.27. The number of anilines is 1. The van der Waals surface area contributed by atoms with Crippen molar-refractivity contribution in [3.05, 3.63) is 15.5 Å². The molecule has 12 heavy (non-hydrogen) atoms. The maximum atomic E-state index is 12.1. The van der Waals surface area contributed by atoms with Gasteiger partial charge in [-0.05, 0) is 22.6 Å². The summed E-state index contributed by atoms with van der Waals surface area (Å²) in [5, 5.41) is 9.08. The van der Waals surface area contributed by atoms with E-state index in [0.717, 1.165) is 0 Å². The molecule has 3 N–H and O–H groups in total. The Labute approximate surface area is 80.7 Å². The number of hydrogen-bond acceptors (Lipinski definition) is 3. The Kier molecular flexibility index (Phi) is 2.65. The van der Waals surface area contributed by atoms with Crippen LogP contribution in [0.1, 0.15) is 12.1 Å². The molecule has 1 rings (SSSR count). The fraction of sp³-hybridized carbons (Fsp3) is 0.167. The minimum Gasteiger partial charge on any atom is -0.504 e. The summed E-state index contributed by atoms with van der Waals surface area (Å²) in [6.07, 6.45) is -1.61. The fourth-order valence-electron chi connectivity index (χ4n) is 0.668. The SMILES string of the molecule is Nc1c(I)cnc(C(F)F)c1O. The van der Waals surface area contributed by atoms with Crippen molar-refractivity contribution in [3.63, 3.8) is 0 Å². The van der Waals surface area contributed by atoms with Gasteiger partial charge >= 0.3 is 0 Å². The van der Waals surface area contributed by atoms with Gasteiger partial charge in [0, 0.05) is 6.20 Å². The van der Waals surface area contributed by atoms with Crippen LogP contribution in [0.3, 0.4) is 0 Å².